The number of halogens is 1. The van der Waals surface area contributed by atoms with Crippen LogP contribution >= 0.6 is 11.6 Å². The van der Waals surface area contributed by atoms with E-state index in [0.717, 1.165) is 28.1 Å². The topological polar surface area (TPSA) is 84.2 Å². The molecular formula is C29H27ClN6O2S. The van der Waals surface area contributed by atoms with Gasteiger partial charge in [-0.1, -0.05) is 60.1 Å². The summed E-state index contributed by atoms with van der Waals surface area (Å²) in [7, 11) is -3.63. The highest BCUT2D eigenvalue weighted by Crippen LogP contribution is 2.28. The molecule has 0 radical (unpaired) electrons. The molecule has 1 saturated heterocycles. The van der Waals surface area contributed by atoms with Gasteiger partial charge >= 0.3 is 0 Å². The first kappa shape index (κ1) is 25.5. The average molecular weight is 559 g/mol. The maximum Gasteiger partial charge on any atom is 0.243 e. The number of para-hydroxylation sites is 1. The SMILES string of the molecule is O=S(=O)(c1ccc(Cl)cc1)N1CCCN(c2nc(Cc3ccccc3)nc3c2cnn3-c2ccccc2)CC1. The number of nitrogens with zero attached hydrogens (tertiary/aromatic N) is 6. The number of hydrogen-bond donors (Lipinski definition) is 0. The minimum atomic E-state index is -3.63. The third-order valence-corrected chi connectivity index (χ3v) is 9.03. The summed E-state index contributed by atoms with van der Waals surface area (Å²) in [5, 5.41) is 6.01. The van der Waals surface area contributed by atoms with Crippen molar-refractivity contribution in [1.29, 1.82) is 0 Å². The second kappa shape index (κ2) is 10.8. The number of fused-ring (bicyclic) bond motifs is 1. The molecule has 198 valence electrons. The molecule has 1 fully saturated rings. The number of sulfonamides is 1. The van der Waals surface area contributed by atoms with Gasteiger partial charge in [-0.3, -0.25) is 0 Å². The van der Waals surface area contributed by atoms with Gasteiger partial charge in [0.25, 0.3) is 0 Å². The molecule has 1 aliphatic rings. The highest BCUT2D eigenvalue weighted by atomic mass is 35.5. The van der Waals surface area contributed by atoms with Crippen molar-refractivity contribution >= 4 is 38.5 Å². The monoisotopic (exact) mass is 558 g/mol. The number of benzene rings is 3. The standard InChI is InChI=1S/C29H27ClN6O2S/c30-23-12-14-25(15-13-23)39(37,38)35-17-7-16-34(18-19-35)28-26-21-31-36(24-10-5-2-6-11-24)29(26)33-27(32-28)20-22-8-3-1-4-9-22/h1-6,8-15,21H,7,16-20H2. The molecule has 0 spiro atoms. The molecule has 8 nitrogen and oxygen atoms in total. The first-order valence-electron chi connectivity index (χ1n) is 12.8. The van der Waals surface area contributed by atoms with Gasteiger partial charge in [-0.25, -0.2) is 23.1 Å². The quantitative estimate of drug-likeness (QED) is 0.293. The van der Waals surface area contributed by atoms with Gasteiger partial charge in [0.1, 0.15) is 11.6 Å². The molecular weight excluding hydrogens is 532 g/mol. The number of anilines is 1. The van der Waals surface area contributed by atoms with E-state index in [-0.39, 0.29) is 4.90 Å². The van der Waals surface area contributed by atoms with Crippen LogP contribution in [-0.4, -0.2) is 58.7 Å². The lowest BCUT2D eigenvalue weighted by Crippen LogP contribution is -2.35. The third kappa shape index (κ3) is 5.25. The summed E-state index contributed by atoms with van der Waals surface area (Å²) in [5.41, 5.74) is 2.76. The Balaban J connectivity index is 1.36. The van der Waals surface area contributed by atoms with Crippen molar-refractivity contribution in [2.45, 2.75) is 17.7 Å². The van der Waals surface area contributed by atoms with Gasteiger partial charge in [0.05, 0.1) is 22.2 Å². The Labute approximate surface area is 232 Å². The van der Waals surface area contributed by atoms with Gasteiger partial charge in [-0.15, -0.1) is 0 Å². The Kier molecular flexibility index (Phi) is 7.03. The van der Waals surface area contributed by atoms with Crippen LogP contribution in [0.2, 0.25) is 5.02 Å². The van der Waals surface area contributed by atoms with Crippen molar-refractivity contribution in [3.63, 3.8) is 0 Å². The van der Waals surface area contributed by atoms with Crippen molar-refractivity contribution in [2.75, 3.05) is 31.1 Å². The summed E-state index contributed by atoms with van der Waals surface area (Å²) in [4.78, 5) is 12.3. The van der Waals surface area contributed by atoms with Crippen LogP contribution < -0.4 is 4.90 Å². The van der Waals surface area contributed by atoms with Crippen LogP contribution in [0.4, 0.5) is 5.82 Å². The summed E-state index contributed by atoms with van der Waals surface area (Å²) in [6.45, 7) is 1.94. The molecule has 6 rings (SSSR count). The van der Waals surface area contributed by atoms with Gasteiger partial charge in [-0.2, -0.15) is 9.40 Å². The zero-order valence-corrected chi connectivity index (χ0v) is 22.8. The van der Waals surface area contributed by atoms with E-state index in [1.807, 2.05) is 53.2 Å². The van der Waals surface area contributed by atoms with Gasteiger partial charge in [0.15, 0.2) is 5.65 Å². The summed E-state index contributed by atoms with van der Waals surface area (Å²) in [6, 6.07) is 26.4. The van der Waals surface area contributed by atoms with E-state index in [1.54, 1.807) is 34.8 Å². The van der Waals surface area contributed by atoms with Crippen LogP contribution in [0.1, 0.15) is 17.8 Å². The molecule has 3 aromatic carbocycles. The molecule has 10 heteroatoms. The Morgan fingerprint density at radius 1 is 0.795 bits per heavy atom. The molecule has 0 amide bonds. The van der Waals surface area contributed by atoms with Crippen LogP contribution in [0.5, 0.6) is 0 Å². The van der Waals surface area contributed by atoms with E-state index < -0.39 is 10.0 Å². The Hall–Kier alpha value is -3.79. The Morgan fingerprint density at radius 2 is 1.51 bits per heavy atom. The van der Waals surface area contributed by atoms with E-state index in [0.29, 0.717) is 49.9 Å². The molecule has 0 atom stereocenters. The fraction of sp³-hybridized carbons (Fsp3) is 0.207. The van der Waals surface area contributed by atoms with Crippen molar-refractivity contribution in [3.05, 3.63) is 108 Å². The Bertz CT molecular complexity index is 1690. The Morgan fingerprint density at radius 3 is 2.26 bits per heavy atom. The zero-order chi connectivity index (χ0) is 26.8. The van der Waals surface area contributed by atoms with E-state index in [4.69, 9.17) is 21.6 Å². The minimum absolute atomic E-state index is 0.249. The second-order valence-corrected chi connectivity index (χ2v) is 11.8. The molecule has 0 aliphatic carbocycles. The van der Waals surface area contributed by atoms with Crippen molar-refractivity contribution in [2.24, 2.45) is 0 Å². The van der Waals surface area contributed by atoms with E-state index in [1.165, 1.54) is 0 Å². The van der Waals surface area contributed by atoms with Crippen LogP contribution in [-0.2, 0) is 16.4 Å². The molecule has 3 heterocycles. The number of hydrogen-bond acceptors (Lipinski definition) is 6. The summed E-state index contributed by atoms with van der Waals surface area (Å²) in [5.74, 6) is 1.47. The fourth-order valence-corrected chi connectivity index (χ4v) is 6.49. The predicted octanol–water partition coefficient (Wildman–Crippen LogP) is 4.96. The molecule has 5 aromatic rings. The molecule has 0 N–H and O–H groups in total. The maximum absolute atomic E-state index is 13.3. The van der Waals surface area contributed by atoms with Crippen molar-refractivity contribution in [3.8, 4) is 5.69 Å². The minimum Gasteiger partial charge on any atom is -0.355 e. The molecule has 1 aliphatic heterocycles. The fourth-order valence-electron chi connectivity index (χ4n) is 4.90. The smallest absolute Gasteiger partial charge is 0.243 e. The normalized spacial score (nSPS) is 14.9. The highest BCUT2D eigenvalue weighted by Gasteiger charge is 2.28. The van der Waals surface area contributed by atoms with Crippen LogP contribution in [0, 0.1) is 0 Å². The molecule has 0 saturated carbocycles. The molecule has 0 bridgehead atoms. The van der Waals surface area contributed by atoms with E-state index in [9.17, 15) is 8.42 Å². The maximum atomic E-state index is 13.3. The van der Waals surface area contributed by atoms with Gasteiger partial charge in [0.2, 0.25) is 10.0 Å². The lowest BCUT2D eigenvalue weighted by Gasteiger charge is -2.23. The molecule has 0 unspecified atom stereocenters. The predicted molar refractivity (Wildman–Crippen MR) is 153 cm³/mol. The molecule has 2 aromatic heterocycles. The van der Waals surface area contributed by atoms with Crippen LogP contribution in [0.3, 0.4) is 0 Å². The number of aromatic nitrogens is 4. The number of rotatable bonds is 6. The summed E-state index contributed by atoms with van der Waals surface area (Å²) >= 11 is 5.98. The van der Waals surface area contributed by atoms with Gasteiger partial charge in [0, 0.05) is 37.6 Å². The molecule has 39 heavy (non-hydrogen) atoms. The highest BCUT2D eigenvalue weighted by molar-refractivity contribution is 7.89. The first-order chi connectivity index (χ1) is 19.0. The third-order valence-electron chi connectivity index (χ3n) is 6.87. The van der Waals surface area contributed by atoms with Crippen molar-refractivity contribution in [1.82, 2.24) is 24.1 Å². The largest absolute Gasteiger partial charge is 0.355 e. The lowest BCUT2D eigenvalue weighted by molar-refractivity contribution is 0.433. The zero-order valence-electron chi connectivity index (χ0n) is 21.2. The lowest BCUT2D eigenvalue weighted by atomic mass is 10.1. The average Bonchev–Trinajstić information content (AvgIpc) is 3.22. The van der Waals surface area contributed by atoms with Crippen molar-refractivity contribution < 1.29 is 8.42 Å². The second-order valence-electron chi connectivity index (χ2n) is 9.45. The van der Waals surface area contributed by atoms with E-state index in [2.05, 4.69) is 22.1 Å². The van der Waals surface area contributed by atoms with Crippen LogP contribution in [0.15, 0.2) is 96.0 Å². The van der Waals surface area contributed by atoms with Gasteiger partial charge in [-0.05, 0) is 48.4 Å². The first-order valence-corrected chi connectivity index (χ1v) is 14.7. The summed E-state index contributed by atoms with van der Waals surface area (Å²) in [6.07, 6.45) is 3.05. The summed E-state index contributed by atoms with van der Waals surface area (Å²) < 4.78 is 30.1. The van der Waals surface area contributed by atoms with E-state index >= 15 is 0 Å². The van der Waals surface area contributed by atoms with Crippen LogP contribution in [0.25, 0.3) is 16.7 Å². The van der Waals surface area contributed by atoms with Gasteiger partial charge < -0.3 is 4.90 Å².